The Morgan fingerprint density at radius 2 is 2.19 bits per heavy atom. The number of hydrogen-bond acceptors (Lipinski definition) is 4. The maximum Gasteiger partial charge on any atom is 0.242 e. The predicted octanol–water partition coefficient (Wildman–Crippen LogP) is 2.58. The maximum absolute atomic E-state index is 12.4. The summed E-state index contributed by atoms with van der Waals surface area (Å²) in [5.74, 6) is 0. The number of hydrogen-bond donors (Lipinski definition) is 2. The van der Waals surface area contributed by atoms with Gasteiger partial charge in [-0.05, 0) is 40.9 Å². The predicted molar refractivity (Wildman–Crippen MR) is 86.6 cm³/mol. The molecule has 2 heterocycles. The molecule has 0 aromatic carbocycles. The van der Waals surface area contributed by atoms with E-state index in [-0.39, 0.29) is 0 Å². The second-order valence-corrected chi connectivity index (χ2v) is 8.74. The van der Waals surface area contributed by atoms with Crippen LogP contribution in [0.5, 0.6) is 0 Å². The van der Waals surface area contributed by atoms with Gasteiger partial charge in [0.1, 0.15) is 0 Å². The van der Waals surface area contributed by atoms with Gasteiger partial charge in [0, 0.05) is 45.8 Å². The highest BCUT2D eigenvalue weighted by molar-refractivity contribution is 9.10. The fourth-order valence-electron chi connectivity index (χ4n) is 2.20. The summed E-state index contributed by atoms with van der Waals surface area (Å²) in [6, 6.07) is 4.00. The summed E-state index contributed by atoms with van der Waals surface area (Å²) in [4.78, 5) is 1.26. The Kier molecular flexibility index (Phi) is 4.24. The summed E-state index contributed by atoms with van der Waals surface area (Å²) in [5.41, 5.74) is 6.57. The standard InChI is InChI=1S/C13H16BrN3O2S2/c14-9-3-12(20-8-9)6-16-21(18,19)13-4-11(5-15)17(7-13)10-1-2-10/h3-4,7-8,10,16H,1-2,5-6,15H2. The van der Waals surface area contributed by atoms with Crippen LogP contribution >= 0.6 is 27.3 Å². The quantitative estimate of drug-likeness (QED) is 0.796. The van der Waals surface area contributed by atoms with Gasteiger partial charge >= 0.3 is 0 Å². The van der Waals surface area contributed by atoms with Gasteiger partial charge in [-0.2, -0.15) is 0 Å². The lowest BCUT2D eigenvalue weighted by Crippen LogP contribution is -2.22. The zero-order valence-electron chi connectivity index (χ0n) is 11.3. The Bertz CT molecular complexity index is 747. The van der Waals surface area contributed by atoms with E-state index in [9.17, 15) is 8.42 Å². The minimum atomic E-state index is -3.50. The van der Waals surface area contributed by atoms with Crippen molar-refractivity contribution in [2.24, 2.45) is 5.73 Å². The molecule has 0 unspecified atom stereocenters. The van der Waals surface area contributed by atoms with Gasteiger partial charge < -0.3 is 10.3 Å². The first-order valence-electron chi connectivity index (χ1n) is 6.63. The molecular formula is C13H16BrN3O2S2. The van der Waals surface area contributed by atoms with Crippen molar-refractivity contribution in [2.75, 3.05) is 0 Å². The van der Waals surface area contributed by atoms with Gasteiger partial charge in [-0.25, -0.2) is 13.1 Å². The van der Waals surface area contributed by atoms with E-state index < -0.39 is 10.0 Å². The molecular weight excluding hydrogens is 374 g/mol. The van der Waals surface area contributed by atoms with Crippen molar-refractivity contribution < 1.29 is 8.42 Å². The molecule has 0 aliphatic heterocycles. The summed E-state index contributed by atoms with van der Waals surface area (Å²) in [6.07, 6.45) is 3.89. The molecule has 8 heteroatoms. The van der Waals surface area contributed by atoms with Crippen LogP contribution in [-0.2, 0) is 23.1 Å². The average Bonchev–Trinajstić information content (AvgIpc) is 3.05. The van der Waals surface area contributed by atoms with Crippen LogP contribution in [0.2, 0.25) is 0 Å². The first kappa shape index (κ1) is 15.2. The van der Waals surface area contributed by atoms with Gasteiger partial charge in [0.05, 0.1) is 4.90 Å². The van der Waals surface area contributed by atoms with E-state index in [0.29, 0.717) is 24.0 Å². The molecule has 0 atom stereocenters. The zero-order chi connectivity index (χ0) is 15.0. The Morgan fingerprint density at radius 1 is 1.43 bits per heavy atom. The van der Waals surface area contributed by atoms with Crippen molar-refractivity contribution in [3.8, 4) is 0 Å². The summed E-state index contributed by atoms with van der Waals surface area (Å²) < 4.78 is 30.3. The third-order valence-electron chi connectivity index (χ3n) is 3.42. The normalized spacial score (nSPS) is 15.5. The van der Waals surface area contributed by atoms with E-state index >= 15 is 0 Å². The van der Waals surface area contributed by atoms with Crippen molar-refractivity contribution in [3.05, 3.63) is 38.8 Å². The second kappa shape index (κ2) is 5.85. The molecule has 21 heavy (non-hydrogen) atoms. The summed E-state index contributed by atoms with van der Waals surface area (Å²) in [7, 11) is -3.50. The molecule has 2 aromatic heterocycles. The van der Waals surface area contributed by atoms with Gasteiger partial charge in [0.25, 0.3) is 0 Å². The summed E-state index contributed by atoms with van der Waals surface area (Å²) in [5, 5.41) is 1.93. The third kappa shape index (κ3) is 3.40. The minimum absolute atomic E-state index is 0.297. The molecule has 1 aliphatic carbocycles. The Labute approximate surface area is 136 Å². The fraction of sp³-hybridized carbons (Fsp3) is 0.385. The Hall–Kier alpha value is -0.670. The lowest BCUT2D eigenvalue weighted by Gasteiger charge is -2.04. The minimum Gasteiger partial charge on any atom is -0.346 e. The van der Waals surface area contributed by atoms with Crippen molar-refractivity contribution in [2.45, 2.75) is 36.9 Å². The molecule has 5 nitrogen and oxygen atoms in total. The molecule has 2 aromatic rings. The Balaban J connectivity index is 1.77. The van der Waals surface area contributed by atoms with Crippen molar-refractivity contribution >= 4 is 37.3 Å². The van der Waals surface area contributed by atoms with E-state index in [1.807, 2.05) is 16.0 Å². The van der Waals surface area contributed by atoms with Gasteiger partial charge in [0.2, 0.25) is 10.0 Å². The largest absolute Gasteiger partial charge is 0.346 e. The van der Waals surface area contributed by atoms with Gasteiger partial charge in [-0.15, -0.1) is 11.3 Å². The van der Waals surface area contributed by atoms with E-state index in [2.05, 4.69) is 20.7 Å². The van der Waals surface area contributed by atoms with Crippen LogP contribution < -0.4 is 10.5 Å². The number of thiophene rings is 1. The summed E-state index contributed by atoms with van der Waals surface area (Å²) in [6.45, 7) is 0.648. The number of sulfonamides is 1. The molecule has 3 N–H and O–H groups in total. The highest BCUT2D eigenvalue weighted by Gasteiger charge is 2.27. The molecule has 1 aliphatic rings. The van der Waals surface area contributed by atoms with Crippen LogP contribution in [0, 0.1) is 0 Å². The lowest BCUT2D eigenvalue weighted by atomic mass is 10.4. The summed E-state index contributed by atoms with van der Waals surface area (Å²) >= 11 is 4.87. The fourth-order valence-corrected chi connectivity index (χ4v) is 4.73. The molecule has 1 saturated carbocycles. The first-order valence-corrected chi connectivity index (χ1v) is 9.78. The van der Waals surface area contributed by atoms with E-state index in [4.69, 9.17) is 5.73 Å². The average molecular weight is 390 g/mol. The van der Waals surface area contributed by atoms with Gasteiger partial charge in [0.15, 0.2) is 0 Å². The molecule has 0 amide bonds. The zero-order valence-corrected chi connectivity index (χ0v) is 14.5. The van der Waals surface area contributed by atoms with Crippen LogP contribution in [-0.4, -0.2) is 13.0 Å². The van der Waals surface area contributed by atoms with E-state index in [1.165, 1.54) is 11.3 Å². The van der Waals surface area contributed by atoms with Crippen LogP contribution in [0.4, 0.5) is 0 Å². The Morgan fingerprint density at radius 3 is 2.76 bits per heavy atom. The van der Waals surface area contributed by atoms with Crippen molar-refractivity contribution in [1.29, 1.82) is 0 Å². The monoisotopic (exact) mass is 389 g/mol. The van der Waals surface area contributed by atoms with Crippen LogP contribution in [0.25, 0.3) is 0 Å². The molecule has 0 saturated heterocycles. The smallest absolute Gasteiger partial charge is 0.242 e. The molecule has 1 fully saturated rings. The van der Waals surface area contributed by atoms with E-state index in [0.717, 1.165) is 27.9 Å². The molecule has 0 spiro atoms. The molecule has 3 rings (SSSR count). The van der Waals surface area contributed by atoms with Gasteiger partial charge in [-0.1, -0.05) is 0 Å². The molecule has 114 valence electrons. The second-order valence-electron chi connectivity index (χ2n) is 5.07. The topological polar surface area (TPSA) is 77.1 Å². The highest BCUT2D eigenvalue weighted by atomic mass is 79.9. The third-order valence-corrected chi connectivity index (χ3v) is 6.49. The number of halogens is 1. The first-order chi connectivity index (χ1) is 9.99. The van der Waals surface area contributed by atoms with Crippen molar-refractivity contribution in [3.63, 3.8) is 0 Å². The number of aromatic nitrogens is 1. The molecule has 0 radical (unpaired) electrons. The van der Waals surface area contributed by atoms with Crippen molar-refractivity contribution in [1.82, 2.24) is 9.29 Å². The van der Waals surface area contributed by atoms with E-state index in [1.54, 1.807) is 12.3 Å². The van der Waals surface area contributed by atoms with Crippen LogP contribution in [0.1, 0.15) is 29.5 Å². The highest BCUT2D eigenvalue weighted by Crippen LogP contribution is 2.37. The van der Waals surface area contributed by atoms with Crippen LogP contribution in [0.15, 0.2) is 33.1 Å². The number of nitrogens with two attached hydrogens (primary N) is 1. The van der Waals surface area contributed by atoms with Crippen LogP contribution in [0.3, 0.4) is 0 Å². The molecule has 0 bridgehead atoms. The maximum atomic E-state index is 12.4. The number of rotatable bonds is 6. The SMILES string of the molecule is NCc1cc(S(=O)(=O)NCc2cc(Br)cs2)cn1C1CC1. The number of nitrogens with zero attached hydrogens (tertiary/aromatic N) is 1. The van der Waals surface area contributed by atoms with Gasteiger partial charge in [-0.3, -0.25) is 0 Å². The lowest BCUT2D eigenvalue weighted by molar-refractivity contribution is 0.581. The number of nitrogens with one attached hydrogen (secondary N) is 1.